The van der Waals surface area contributed by atoms with Crippen molar-refractivity contribution in [1.82, 2.24) is 30.0 Å². The quantitative estimate of drug-likeness (QED) is 0.865. The van der Waals surface area contributed by atoms with E-state index in [2.05, 4.69) is 32.4 Å². The molecular formula is C15H23N7O. The molecule has 0 aliphatic rings. The Balaban J connectivity index is 2.13. The SMILES string of the molecule is CCCn1cnnc1[C@H](C)NC(=O)c1cnc(N(C)C)nc1C. The van der Waals surface area contributed by atoms with Gasteiger partial charge in [0.25, 0.3) is 5.91 Å². The number of amides is 1. The molecule has 0 saturated carbocycles. The molecule has 2 heterocycles. The van der Waals surface area contributed by atoms with Crippen molar-refractivity contribution < 1.29 is 4.79 Å². The van der Waals surface area contributed by atoms with Crippen LogP contribution < -0.4 is 10.2 Å². The van der Waals surface area contributed by atoms with Crippen molar-refractivity contribution >= 4 is 11.9 Å². The van der Waals surface area contributed by atoms with E-state index < -0.39 is 0 Å². The molecule has 0 aliphatic heterocycles. The molecule has 124 valence electrons. The number of aromatic nitrogens is 5. The number of rotatable bonds is 6. The zero-order chi connectivity index (χ0) is 17.0. The van der Waals surface area contributed by atoms with Gasteiger partial charge in [0.1, 0.15) is 6.33 Å². The number of nitrogens with zero attached hydrogens (tertiary/aromatic N) is 6. The highest BCUT2D eigenvalue weighted by atomic mass is 16.1. The Bertz CT molecular complexity index is 680. The van der Waals surface area contributed by atoms with Crippen molar-refractivity contribution in [1.29, 1.82) is 0 Å². The first-order valence-electron chi connectivity index (χ1n) is 7.63. The van der Waals surface area contributed by atoms with Gasteiger partial charge < -0.3 is 14.8 Å². The van der Waals surface area contributed by atoms with Gasteiger partial charge in [0.2, 0.25) is 5.95 Å². The zero-order valence-corrected chi connectivity index (χ0v) is 14.2. The van der Waals surface area contributed by atoms with Gasteiger partial charge in [-0.05, 0) is 20.3 Å². The third-order valence-electron chi connectivity index (χ3n) is 3.46. The molecule has 8 heteroatoms. The standard InChI is InChI=1S/C15H23N7O/c1-6-7-22-9-17-20-13(22)11(3)18-14(23)12-8-16-15(21(4)5)19-10(12)2/h8-9,11H,6-7H2,1-5H3,(H,18,23)/t11-/m0/s1. The Morgan fingerprint density at radius 1 is 1.43 bits per heavy atom. The molecule has 2 rings (SSSR count). The molecule has 0 unspecified atom stereocenters. The van der Waals surface area contributed by atoms with Crippen LogP contribution in [0, 0.1) is 6.92 Å². The minimum Gasteiger partial charge on any atom is -0.347 e. The van der Waals surface area contributed by atoms with Crippen molar-refractivity contribution in [2.24, 2.45) is 0 Å². The Kier molecular flexibility index (Phi) is 5.25. The molecule has 8 nitrogen and oxygen atoms in total. The summed E-state index contributed by atoms with van der Waals surface area (Å²) in [5.74, 6) is 1.10. The highest BCUT2D eigenvalue weighted by Crippen LogP contribution is 2.13. The van der Waals surface area contributed by atoms with E-state index in [0.29, 0.717) is 17.2 Å². The summed E-state index contributed by atoms with van der Waals surface area (Å²) in [7, 11) is 3.72. The van der Waals surface area contributed by atoms with Gasteiger partial charge in [0.05, 0.1) is 17.3 Å². The lowest BCUT2D eigenvalue weighted by Crippen LogP contribution is -2.30. The topological polar surface area (TPSA) is 88.8 Å². The molecule has 2 aromatic heterocycles. The van der Waals surface area contributed by atoms with Crippen molar-refractivity contribution in [2.45, 2.75) is 39.8 Å². The summed E-state index contributed by atoms with van der Waals surface area (Å²) in [6.07, 6.45) is 4.21. The minimum absolute atomic E-state index is 0.216. The maximum absolute atomic E-state index is 12.5. The number of carbonyl (C=O) groups is 1. The van der Waals surface area contributed by atoms with E-state index in [-0.39, 0.29) is 11.9 Å². The normalized spacial score (nSPS) is 12.0. The minimum atomic E-state index is -0.246. The lowest BCUT2D eigenvalue weighted by Gasteiger charge is -2.16. The van der Waals surface area contributed by atoms with Crippen LogP contribution in [-0.2, 0) is 6.54 Å². The van der Waals surface area contributed by atoms with Gasteiger partial charge in [0.15, 0.2) is 5.82 Å². The summed E-state index contributed by atoms with van der Waals surface area (Å²) in [5, 5.41) is 11.0. The molecule has 0 radical (unpaired) electrons. The fraction of sp³-hybridized carbons (Fsp3) is 0.533. The Hall–Kier alpha value is -2.51. The van der Waals surface area contributed by atoms with Crippen molar-refractivity contribution in [3.63, 3.8) is 0 Å². The van der Waals surface area contributed by atoms with Gasteiger partial charge in [-0.3, -0.25) is 4.79 Å². The van der Waals surface area contributed by atoms with Crippen LogP contribution in [0.5, 0.6) is 0 Å². The van der Waals surface area contributed by atoms with E-state index in [4.69, 9.17) is 0 Å². The number of hydrogen-bond donors (Lipinski definition) is 1. The van der Waals surface area contributed by atoms with E-state index in [1.54, 1.807) is 24.3 Å². The van der Waals surface area contributed by atoms with E-state index in [0.717, 1.165) is 18.8 Å². The van der Waals surface area contributed by atoms with Gasteiger partial charge in [-0.15, -0.1) is 10.2 Å². The van der Waals surface area contributed by atoms with Crippen LogP contribution in [0.15, 0.2) is 12.5 Å². The maximum atomic E-state index is 12.5. The molecular weight excluding hydrogens is 294 g/mol. The zero-order valence-electron chi connectivity index (χ0n) is 14.2. The van der Waals surface area contributed by atoms with E-state index >= 15 is 0 Å². The van der Waals surface area contributed by atoms with Crippen molar-refractivity contribution in [3.05, 3.63) is 29.6 Å². The van der Waals surface area contributed by atoms with Crippen LogP contribution in [0.2, 0.25) is 0 Å². The second-order valence-electron chi connectivity index (χ2n) is 5.64. The predicted octanol–water partition coefficient (Wildman–Crippen LogP) is 1.34. The van der Waals surface area contributed by atoms with Crippen LogP contribution in [0.1, 0.15) is 48.2 Å². The van der Waals surface area contributed by atoms with Gasteiger partial charge in [0, 0.05) is 26.8 Å². The predicted molar refractivity (Wildman–Crippen MR) is 87.3 cm³/mol. The Labute approximate surface area is 136 Å². The number of aryl methyl sites for hydroxylation is 2. The summed E-state index contributed by atoms with van der Waals surface area (Å²) in [5.41, 5.74) is 1.10. The van der Waals surface area contributed by atoms with Crippen molar-refractivity contribution in [3.8, 4) is 0 Å². The molecule has 0 aromatic carbocycles. The summed E-state index contributed by atoms with van der Waals surface area (Å²) >= 11 is 0. The van der Waals surface area contributed by atoms with Crippen LogP contribution in [0.4, 0.5) is 5.95 Å². The van der Waals surface area contributed by atoms with Crippen LogP contribution in [-0.4, -0.2) is 44.7 Å². The molecule has 1 N–H and O–H groups in total. The van der Waals surface area contributed by atoms with Gasteiger partial charge in [-0.1, -0.05) is 6.92 Å². The van der Waals surface area contributed by atoms with Gasteiger partial charge >= 0.3 is 0 Å². The number of carbonyl (C=O) groups excluding carboxylic acids is 1. The average Bonchev–Trinajstić information content (AvgIpc) is 2.95. The lowest BCUT2D eigenvalue weighted by molar-refractivity contribution is 0.0936. The molecule has 2 aromatic rings. The number of hydrogen-bond acceptors (Lipinski definition) is 6. The summed E-state index contributed by atoms with van der Waals surface area (Å²) in [6, 6.07) is -0.246. The molecule has 0 saturated heterocycles. The summed E-state index contributed by atoms with van der Waals surface area (Å²) < 4.78 is 1.95. The fourth-order valence-electron chi connectivity index (χ4n) is 2.24. The smallest absolute Gasteiger partial charge is 0.255 e. The fourth-order valence-corrected chi connectivity index (χ4v) is 2.24. The second kappa shape index (κ2) is 7.17. The van der Waals surface area contributed by atoms with Crippen LogP contribution >= 0.6 is 0 Å². The Morgan fingerprint density at radius 3 is 2.78 bits per heavy atom. The monoisotopic (exact) mass is 317 g/mol. The molecule has 0 fully saturated rings. The van der Waals surface area contributed by atoms with E-state index in [9.17, 15) is 4.79 Å². The Morgan fingerprint density at radius 2 is 2.17 bits per heavy atom. The largest absolute Gasteiger partial charge is 0.347 e. The van der Waals surface area contributed by atoms with Crippen LogP contribution in [0.3, 0.4) is 0 Å². The molecule has 0 bridgehead atoms. The van der Waals surface area contributed by atoms with Gasteiger partial charge in [-0.2, -0.15) is 0 Å². The highest BCUT2D eigenvalue weighted by molar-refractivity contribution is 5.95. The number of nitrogens with one attached hydrogen (secondary N) is 1. The first kappa shape index (κ1) is 16.9. The lowest BCUT2D eigenvalue weighted by atomic mass is 10.2. The molecule has 0 aliphatic carbocycles. The first-order chi connectivity index (χ1) is 10.9. The van der Waals surface area contributed by atoms with E-state index in [1.807, 2.05) is 25.6 Å². The van der Waals surface area contributed by atoms with E-state index in [1.165, 1.54) is 0 Å². The third-order valence-corrected chi connectivity index (χ3v) is 3.46. The van der Waals surface area contributed by atoms with Crippen LogP contribution in [0.25, 0.3) is 0 Å². The van der Waals surface area contributed by atoms with Gasteiger partial charge in [-0.25, -0.2) is 9.97 Å². The number of anilines is 1. The highest BCUT2D eigenvalue weighted by Gasteiger charge is 2.18. The molecule has 23 heavy (non-hydrogen) atoms. The third kappa shape index (κ3) is 3.82. The first-order valence-corrected chi connectivity index (χ1v) is 7.63. The summed E-state index contributed by atoms with van der Waals surface area (Å²) in [4.78, 5) is 22.8. The molecule has 1 atom stereocenters. The summed E-state index contributed by atoms with van der Waals surface area (Å²) in [6.45, 7) is 6.59. The second-order valence-corrected chi connectivity index (χ2v) is 5.64. The van der Waals surface area contributed by atoms with Crippen molar-refractivity contribution in [2.75, 3.05) is 19.0 Å². The maximum Gasteiger partial charge on any atom is 0.255 e. The molecule has 1 amide bonds. The average molecular weight is 317 g/mol. The molecule has 0 spiro atoms.